The van der Waals surface area contributed by atoms with Crippen molar-refractivity contribution in [3.05, 3.63) is 29.8 Å². The first kappa shape index (κ1) is 14.1. The molecule has 0 aromatic heterocycles. The third-order valence-corrected chi connectivity index (χ3v) is 4.60. The number of aliphatic imine (C=N–C) groups is 1. The highest BCUT2D eigenvalue weighted by molar-refractivity contribution is 8.00. The maximum atomic E-state index is 13.4. The van der Waals surface area contributed by atoms with Gasteiger partial charge in [0.2, 0.25) is 0 Å². The smallest absolute Gasteiger partial charge is 0.193 e. The Morgan fingerprint density at radius 2 is 2.32 bits per heavy atom. The van der Waals surface area contributed by atoms with Gasteiger partial charge >= 0.3 is 0 Å². The second-order valence-corrected chi connectivity index (χ2v) is 6.54. The van der Waals surface area contributed by atoms with Crippen molar-refractivity contribution in [3.8, 4) is 0 Å². The van der Waals surface area contributed by atoms with Crippen LogP contribution in [0.3, 0.4) is 0 Å². The van der Waals surface area contributed by atoms with Gasteiger partial charge in [-0.25, -0.2) is 8.78 Å². The molecule has 1 fully saturated rings. The van der Waals surface area contributed by atoms with Crippen LogP contribution in [0.2, 0.25) is 0 Å². The van der Waals surface area contributed by atoms with E-state index < -0.39 is 11.6 Å². The average Bonchev–Trinajstić information content (AvgIpc) is 2.79. The van der Waals surface area contributed by atoms with Crippen molar-refractivity contribution in [2.45, 2.75) is 24.5 Å². The maximum absolute atomic E-state index is 13.4. The zero-order chi connectivity index (χ0) is 13.9. The summed E-state index contributed by atoms with van der Waals surface area (Å²) in [5.41, 5.74) is 5.71. The molecule has 0 radical (unpaired) electrons. The first-order chi connectivity index (χ1) is 8.98. The highest BCUT2D eigenvalue weighted by Crippen LogP contribution is 2.37. The summed E-state index contributed by atoms with van der Waals surface area (Å²) in [4.78, 5) is 4.22. The molecule has 1 aliphatic rings. The van der Waals surface area contributed by atoms with E-state index in [0.717, 1.165) is 30.4 Å². The molecule has 2 rings (SSSR count). The predicted octanol–water partition coefficient (Wildman–Crippen LogP) is 2.98. The first-order valence-electron chi connectivity index (χ1n) is 6.14. The summed E-state index contributed by atoms with van der Waals surface area (Å²) in [6, 6.07) is 3.17. The monoisotopic (exact) mass is 285 g/mol. The fourth-order valence-electron chi connectivity index (χ4n) is 1.98. The third-order valence-electron chi connectivity index (χ3n) is 3.08. The van der Waals surface area contributed by atoms with E-state index in [2.05, 4.69) is 17.2 Å². The van der Waals surface area contributed by atoms with Crippen LogP contribution in [0.1, 0.15) is 19.8 Å². The number of nitrogens with zero attached hydrogens (tertiary/aromatic N) is 1. The average molecular weight is 285 g/mol. The highest BCUT2D eigenvalue weighted by atomic mass is 32.2. The SMILES string of the molecule is CC1(CN=C(N)Nc2cc(F)ccc2F)CCCS1. The summed E-state index contributed by atoms with van der Waals surface area (Å²) < 4.78 is 26.5. The predicted molar refractivity (Wildman–Crippen MR) is 76.6 cm³/mol. The van der Waals surface area contributed by atoms with E-state index in [0.29, 0.717) is 6.54 Å². The Morgan fingerprint density at radius 3 is 3.00 bits per heavy atom. The number of anilines is 1. The van der Waals surface area contributed by atoms with Gasteiger partial charge in [0.1, 0.15) is 11.6 Å². The van der Waals surface area contributed by atoms with E-state index in [1.165, 1.54) is 6.42 Å². The molecule has 1 heterocycles. The molecule has 0 bridgehead atoms. The Labute approximate surface area is 115 Å². The van der Waals surface area contributed by atoms with Gasteiger partial charge in [-0.2, -0.15) is 11.8 Å². The van der Waals surface area contributed by atoms with Gasteiger partial charge in [-0.3, -0.25) is 4.99 Å². The number of benzene rings is 1. The molecule has 1 unspecified atom stereocenters. The number of rotatable bonds is 3. The zero-order valence-electron chi connectivity index (χ0n) is 10.7. The van der Waals surface area contributed by atoms with E-state index >= 15 is 0 Å². The largest absolute Gasteiger partial charge is 0.370 e. The molecule has 1 aromatic rings. The second kappa shape index (κ2) is 5.77. The number of guanidine groups is 1. The Hall–Kier alpha value is -1.30. The molecule has 1 aromatic carbocycles. The molecule has 1 saturated heterocycles. The van der Waals surface area contributed by atoms with Crippen LogP contribution >= 0.6 is 11.8 Å². The summed E-state index contributed by atoms with van der Waals surface area (Å²) >= 11 is 1.87. The van der Waals surface area contributed by atoms with Crippen molar-refractivity contribution >= 4 is 23.4 Å². The van der Waals surface area contributed by atoms with Crippen LogP contribution in [-0.2, 0) is 0 Å². The minimum atomic E-state index is -0.555. The lowest BCUT2D eigenvalue weighted by molar-refractivity contribution is 0.603. The lowest BCUT2D eigenvalue weighted by atomic mass is 10.1. The number of hydrogen-bond donors (Lipinski definition) is 2. The van der Waals surface area contributed by atoms with Crippen molar-refractivity contribution < 1.29 is 8.78 Å². The number of hydrogen-bond acceptors (Lipinski definition) is 2. The molecule has 19 heavy (non-hydrogen) atoms. The Balaban J connectivity index is 2.00. The first-order valence-corrected chi connectivity index (χ1v) is 7.13. The van der Waals surface area contributed by atoms with Crippen LogP contribution in [0.4, 0.5) is 14.5 Å². The summed E-state index contributed by atoms with van der Waals surface area (Å²) in [6.45, 7) is 2.72. The van der Waals surface area contributed by atoms with Crippen LogP contribution in [0, 0.1) is 11.6 Å². The lowest BCUT2D eigenvalue weighted by Gasteiger charge is -2.20. The maximum Gasteiger partial charge on any atom is 0.193 e. The molecular weight excluding hydrogens is 268 g/mol. The van der Waals surface area contributed by atoms with Gasteiger partial charge < -0.3 is 11.1 Å². The molecule has 6 heteroatoms. The van der Waals surface area contributed by atoms with E-state index in [1.807, 2.05) is 11.8 Å². The highest BCUT2D eigenvalue weighted by Gasteiger charge is 2.29. The van der Waals surface area contributed by atoms with Gasteiger partial charge in [0, 0.05) is 10.8 Å². The van der Waals surface area contributed by atoms with Crippen molar-refractivity contribution in [1.82, 2.24) is 0 Å². The molecule has 3 N–H and O–H groups in total. The Morgan fingerprint density at radius 1 is 1.53 bits per heavy atom. The Bertz CT molecular complexity index is 485. The van der Waals surface area contributed by atoms with Gasteiger partial charge in [0.25, 0.3) is 0 Å². The molecule has 0 spiro atoms. The molecule has 0 aliphatic carbocycles. The van der Waals surface area contributed by atoms with E-state index in [1.54, 1.807) is 0 Å². The molecule has 0 saturated carbocycles. The van der Waals surface area contributed by atoms with Gasteiger partial charge in [-0.05, 0) is 37.7 Å². The van der Waals surface area contributed by atoms with E-state index in [-0.39, 0.29) is 16.4 Å². The quantitative estimate of drug-likeness (QED) is 0.663. The molecular formula is C13H17F2N3S. The van der Waals surface area contributed by atoms with E-state index in [4.69, 9.17) is 5.73 Å². The van der Waals surface area contributed by atoms with Crippen molar-refractivity contribution in [3.63, 3.8) is 0 Å². The molecule has 1 atom stereocenters. The summed E-state index contributed by atoms with van der Waals surface area (Å²) in [7, 11) is 0. The van der Waals surface area contributed by atoms with Crippen LogP contribution in [0.15, 0.2) is 23.2 Å². The normalized spacial score (nSPS) is 23.6. The molecule has 0 amide bonds. The number of thioether (sulfide) groups is 1. The molecule has 104 valence electrons. The minimum absolute atomic E-state index is 0.00507. The number of nitrogens with two attached hydrogens (primary N) is 1. The van der Waals surface area contributed by atoms with Crippen molar-refractivity contribution in [2.24, 2.45) is 10.7 Å². The molecule has 3 nitrogen and oxygen atoms in total. The van der Waals surface area contributed by atoms with Gasteiger partial charge in [0.05, 0.1) is 12.2 Å². The fraction of sp³-hybridized carbons (Fsp3) is 0.462. The fourth-order valence-corrected chi connectivity index (χ4v) is 3.21. The number of nitrogens with one attached hydrogen (secondary N) is 1. The number of halogens is 2. The zero-order valence-corrected chi connectivity index (χ0v) is 11.6. The van der Waals surface area contributed by atoms with Crippen LogP contribution in [0.5, 0.6) is 0 Å². The summed E-state index contributed by atoms with van der Waals surface area (Å²) in [6.07, 6.45) is 2.28. The lowest BCUT2D eigenvalue weighted by Crippen LogP contribution is -2.27. The van der Waals surface area contributed by atoms with Crippen LogP contribution in [0.25, 0.3) is 0 Å². The molecule has 1 aliphatic heterocycles. The standard InChI is InChI=1S/C13H17F2N3S/c1-13(5-2-6-19-13)8-17-12(16)18-11-7-9(14)3-4-10(11)15/h3-4,7H,2,5-6,8H2,1H3,(H3,16,17,18). The van der Waals surface area contributed by atoms with Crippen molar-refractivity contribution in [2.75, 3.05) is 17.6 Å². The van der Waals surface area contributed by atoms with Gasteiger partial charge in [0.15, 0.2) is 5.96 Å². The summed E-state index contributed by atoms with van der Waals surface area (Å²) in [5.74, 6) is 0.173. The van der Waals surface area contributed by atoms with Crippen LogP contribution in [-0.4, -0.2) is 23.0 Å². The Kier molecular flexibility index (Phi) is 4.29. The van der Waals surface area contributed by atoms with Gasteiger partial charge in [-0.15, -0.1) is 0 Å². The van der Waals surface area contributed by atoms with E-state index in [9.17, 15) is 8.78 Å². The van der Waals surface area contributed by atoms with Crippen molar-refractivity contribution in [1.29, 1.82) is 0 Å². The topological polar surface area (TPSA) is 50.4 Å². The second-order valence-electron chi connectivity index (χ2n) is 4.85. The third kappa shape index (κ3) is 3.83. The minimum Gasteiger partial charge on any atom is -0.370 e. The summed E-state index contributed by atoms with van der Waals surface area (Å²) in [5, 5.41) is 2.60. The van der Waals surface area contributed by atoms with Gasteiger partial charge in [-0.1, -0.05) is 0 Å². The van der Waals surface area contributed by atoms with Crippen LogP contribution < -0.4 is 11.1 Å².